The van der Waals surface area contributed by atoms with Gasteiger partial charge < -0.3 is 10.2 Å². The molecule has 0 saturated carbocycles. The van der Waals surface area contributed by atoms with Crippen molar-refractivity contribution in [2.45, 2.75) is 32.0 Å². The molecule has 4 nitrogen and oxygen atoms in total. The van der Waals surface area contributed by atoms with E-state index >= 15 is 0 Å². The van der Waals surface area contributed by atoms with Crippen molar-refractivity contribution in [3.63, 3.8) is 0 Å². The summed E-state index contributed by atoms with van der Waals surface area (Å²) >= 11 is 5.90. The van der Waals surface area contributed by atoms with Crippen molar-refractivity contribution in [2.24, 2.45) is 0 Å². The Morgan fingerprint density at radius 2 is 2.08 bits per heavy atom. The molecule has 1 saturated heterocycles. The molecule has 130 valence electrons. The minimum atomic E-state index is -4.91. The van der Waals surface area contributed by atoms with E-state index in [9.17, 15) is 22.8 Å². The lowest BCUT2D eigenvalue weighted by Gasteiger charge is -2.22. The fourth-order valence-corrected chi connectivity index (χ4v) is 2.62. The SMILES string of the molecule is Cc1ccc(Cl)cc1NC(=O)C1CCCN1/C=C/C(=O)C(F)(F)F. The molecule has 1 aromatic carbocycles. The van der Waals surface area contributed by atoms with E-state index in [0.29, 0.717) is 36.2 Å². The largest absolute Gasteiger partial charge is 0.454 e. The highest BCUT2D eigenvalue weighted by Gasteiger charge is 2.37. The van der Waals surface area contributed by atoms with Crippen LogP contribution in [0, 0.1) is 6.92 Å². The third-order valence-electron chi connectivity index (χ3n) is 3.75. The lowest BCUT2D eigenvalue weighted by molar-refractivity contribution is -0.165. The molecule has 0 radical (unpaired) electrons. The highest BCUT2D eigenvalue weighted by molar-refractivity contribution is 6.31. The first-order valence-electron chi connectivity index (χ1n) is 7.30. The number of likely N-dealkylation sites (tertiary alicyclic amines) is 1. The van der Waals surface area contributed by atoms with Gasteiger partial charge in [-0.3, -0.25) is 9.59 Å². The van der Waals surface area contributed by atoms with Crippen LogP contribution >= 0.6 is 11.6 Å². The van der Waals surface area contributed by atoms with E-state index in [4.69, 9.17) is 11.6 Å². The Hall–Kier alpha value is -2.02. The second-order valence-corrected chi connectivity index (χ2v) is 5.96. The van der Waals surface area contributed by atoms with Crippen molar-refractivity contribution in [1.29, 1.82) is 0 Å². The van der Waals surface area contributed by atoms with E-state index in [2.05, 4.69) is 5.32 Å². The van der Waals surface area contributed by atoms with Crippen molar-refractivity contribution < 1.29 is 22.8 Å². The highest BCUT2D eigenvalue weighted by Crippen LogP contribution is 2.24. The van der Waals surface area contributed by atoms with Crippen LogP contribution in [0.2, 0.25) is 5.02 Å². The molecule has 24 heavy (non-hydrogen) atoms. The van der Waals surface area contributed by atoms with Crippen molar-refractivity contribution in [3.8, 4) is 0 Å². The van der Waals surface area contributed by atoms with Crippen LogP contribution in [0.4, 0.5) is 18.9 Å². The van der Waals surface area contributed by atoms with Gasteiger partial charge in [-0.25, -0.2) is 0 Å². The number of nitrogens with zero attached hydrogens (tertiary/aromatic N) is 1. The lowest BCUT2D eigenvalue weighted by atomic mass is 10.1. The average molecular weight is 361 g/mol. The third kappa shape index (κ3) is 4.50. The van der Waals surface area contributed by atoms with Gasteiger partial charge in [0.2, 0.25) is 5.91 Å². The van der Waals surface area contributed by atoms with Gasteiger partial charge >= 0.3 is 6.18 Å². The smallest absolute Gasteiger partial charge is 0.365 e. The number of amides is 1. The molecule has 1 aliphatic heterocycles. The molecule has 2 rings (SSSR count). The minimum Gasteiger partial charge on any atom is -0.365 e. The van der Waals surface area contributed by atoms with Crippen molar-refractivity contribution in [3.05, 3.63) is 41.1 Å². The summed E-state index contributed by atoms with van der Waals surface area (Å²) in [7, 11) is 0. The number of alkyl halides is 3. The molecule has 1 N–H and O–H groups in total. The van der Waals surface area contributed by atoms with Crippen LogP contribution in [0.3, 0.4) is 0 Å². The number of hydrogen-bond donors (Lipinski definition) is 1. The number of ketones is 1. The molecular weight excluding hydrogens is 345 g/mol. The van der Waals surface area contributed by atoms with E-state index in [0.717, 1.165) is 11.8 Å². The second-order valence-electron chi connectivity index (χ2n) is 5.52. The normalized spacial score (nSPS) is 18.2. The summed E-state index contributed by atoms with van der Waals surface area (Å²) < 4.78 is 36.7. The molecule has 1 atom stereocenters. The van der Waals surface area contributed by atoms with E-state index in [1.54, 1.807) is 25.1 Å². The zero-order valence-corrected chi connectivity index (χ0v) is 13.6. The molecule has 1 aromatic rings. The van der Waals surface area contributed by atoms with E-state index < -0.39 is 18.0 Å². The number of carbonyl (C=O) groups excluding carboxylic acids is 2. The van der Waals surface area contributed by atoms with Gasteiger partial charge in [-0.1, -0.05) is 17.7 Å². The maximum atomic E-state index is 12.4. The summed E-state index contributed by atoms with van der Waals surface area (Å²) in [5.74, 6) is -2.29. The topological polar surface area (TPSA) is 49.4 Å². The first-order chi connectivity index (χ1) is 11.2. The molecule has 1 amide bonds. The van der Waals surface area contributed by atoms with Crippen LogP contribution in [0.15, 0.2) is 30.5 Å². The maximum Gasteiger partial charge on any atom is 0.454 e. The predicted octanol–water partition coefficient (Wildman–Crippen LogP) is 3.70. The van der Waals surface area contributed by atoms with Crippen LogP contribution in [0.5, 0.6) is 0 Å². The molecule has 1 unspecified atom stereocenters. The molecule has 0 aliphatic carbocycles. The number of rotatable bonds is 4. The van der Waals surface area contributed by atoms with E-state index in [1.165, 1.54) is 4.90 Å². The number of benzene rings is 1. The lowest BCUT2D eigenvalue weighted by Crippen LogP contribution is -2.37. The third-order valence-corrected chi connectivity index (χ3v) is 3.99. The number of nitrogens with one attached hydrogen (secondary N) is 1. The quantitative estimate of drug-likeness (QED) is 0.833. The van der Waals surface area contributed by atoms with Crippen LogP contribution in [-0.4, -0.2) is 35.4 Å². The molecule has 1 heterocycles. The standard InChI is InChI=1S/C16H16ClF3N2O2/c1-10-4-5-11(17)9-12(10)21-15(24)13-3-2-7-22(13)8-6-14(23)16(18,19)20/h4-6,8-9,13H,2-3,7H2,1H3,(H,21,24)/b8-6+. The van der Waals surface area contributed by atoms with E-state index in [1.807, 2.05) is 0 Å². The highest BCUT2D eigenvalue weighted by atomic mass is 35.5. The average Bonchev–Trinajstić information content (AvgIpc) is 2.96. The number of hydrogen-bond acceptors (Lipinski definition) is 3. The second kappa shape index (κ2) is 7.25. The van der Waals surface area contributed by atoms with Gasteiger partial charge in [-0.2, -0.15) is 13.2 Å². The number of anilines is 1. The Labute approximate surface area is 142 Å². The summed E-state index contributed by atoms with van der Waals surface area (Å²) in [5.41, 5.74) is 1.37. The Kier molecular flexibility index (Phi) is 5.54. The Balaban J connectivity index is 2.07. The first kappa shape index (κ1) is 18.3. The molecule has 0 aromatic heterocycles. The Morgan fingerprint density at radius 1 is 1.38 bits per heavy atom. The van der Waals surface area contributed by atoms with Crippen LogP contribution in [0.25, 0.3) is 0 Å². The van der Waals surface area contributed by atoms with Crippen LogP contribution < -0.4 is 5.32 Å². The van der Waals surface area contributed by atoms with Gasteiger partial charge in [0.1, 0.15) is 6.04 Å². The summed E-state index contributed by atoms with van der Waals surface area (Å²) in [6, 6.07) is 4.43. The molecule has 0 spiro atoms. The summed E-state index contributed by atoms with van der Waals surface area (Å²) in [4.78, 5) is 24.8. The fraction of sp³-hybridized carbons (Fsp3) is 0.375. The van der Waals surface area contributed by atoms with Crippen LogP contribution in [-0.2, 0) is 9.59 Å². The van der Waals surface area contributed by atoms with Crippen LogP contribution in [0.1, 0.15) is 18.4 Å². The first-order valence-corrected chi connectivity index (χ1v) is 7.68. The van der Waals surface area contributed by atoms with Gasteiger partial charge in [-0.15, -0.1) is 0 Å². The van der Waals surface area contributed by atoms with Crippen molar-refractivity contribution in [2.75, 3.05) is 11.9 Å². The summed E-state index contributed by atoms with van der Waals surface area (Å²) in [5, 5.41) is 3.20. The number of allylic oxidation sites excluding steroid dienone is 1. The molecular formula is C16H16ClF3N2O2. The Morgan fingerprint density at radius 3 is 2.75 bits per heavy atom. The van der Waals surface area contributed by atoms with Gasteiger partial charge in [0.25, 0.3) is 5.78 Å². The number of carbonyl (C=O) groups is 2. The predicted molar refractivity (Wildman–Crippen MR) is 84.7 cm³/mol. The van der Waals surface area contributed by atoms with Gasteiger partial charge in [0.15, 0.2) is 0 Å². The summed E-state index contributed by atoms with van der Waals surface area (Å²) in [6.07, 6.45) is -2.27. The Bertz CT molecular complexity index is 674. The molecule has 1 fully saturated rings. The minimum absolute atomic E-state index is 0.345. The number of halogens is 4. The van der Waals surface area contributed by atoms with E-state index in [-0.39, 0.29) is 5.91 Å². The van der Waals surface area contributed by atoms with Gasteiger partial charge in [0.05, 0.1) is 0 Å². The number of aryl methyl sites for hydroxylation is 1. The molecule has 0 bridgehead atoms. The zero-order valence-electron chi connectivity index (χ0n) is 12.9. The molecule has 1 aliphatic rings. The van der Waals surface area contributed by atoms with Crippen molar-refractivity contribution >= 4 is 29.0 Å². The fourth-order valence-electron chi connectivity index (χ4n) is 2.45. The monoisotopic (exact) mass is 360 g/mol. The van der Waals surface area contributed by atoms with Gasteiger partial charge in [0, 0.05) is 29.5 Å². The van der Waals surface area contributed by atoms with Gasteiger partial charge in [-0.05, 0) is 37.5 Å². The maximum absolute atomic E-state index is 12.4. The van der Waals surface area contributed by atoms with Crippen molar-refractivity contribution in [1.82, 2.24) is 4.90 Å². The summed E-state index contributed by atoms with van der Waals surface area (Å²) in [6.45, 7) is 2.22. The zero-order chi connectivity index (χ0) is 17.9. The molecule has 8 heteroatoms.